The molecule has 1 fully saturated rings. The molecule has 1 saturated heterocycles. The summed E-state index contributed by atoms with van der Waals surface area (Å²) in [6, 6.07) is 12.8. The topological polar surface area (TPSA) is 103 Å². The summed E-state index contributed by atoms with van der Waals surface area (Å²) in [7, 11) is 1.53. The largest absolute Gasteiger partial charge is 0.493 e. The van der Waals surface area contributed by atoms with E-state index >= 15 is 0 Å². The van der Waals surface area contributed by atoms with Gasteiger partial charge in [-0.05, 0) is 57.9 Å². The molecule has 0 N–H and O–H groups in total. The number of nitrogens with zero attached hydrogens (tertiary/aromatic N) is 4. The van der Waals surface area contributed by atoms with Crippen molar-refractivity contribution >= 4 is 22.9 Å². The van der Waals surface area contributed by atoms with Gasteiger partial charge >= 0.3 is 6.09 Å². The number of carbonyl (C=O) groups excluding carboxylic acids is 2. The van der Waals surface area contributed by atoms with E-state index in [-0.39, 0.29) is 24.6 Å². The fourth-order valence-electron chi connectivity index (χ4n) is 5.10. The fraction of sp³-hybridized carbons (Fsp3) is 0.467. The summed E-state index contributed by atoms with van der Waals surface area (Å²) in [6.45, 7) is 10.2. The Kier molecular flexibility index (Phi) is 7.20. The van der Waals surface area contributed by atoms with E-state index in [1.807, 2.05) is 51.1 Å². The van der Waals surface area contributed by atoms with Crippen molar-refractivity contribution in [1.29, 1.82) is 0 Å². The van der Waals surface area contributed by atoms with Gasteiger partial charge in [0.25, 0.3) is 5.91 Å². The molecule has 10 nitrogen and oxygen atoms in total. The molecule has 5 rings (SSSR count). The lowest BCUT2D eigenvalue weighted by atomic mass is 10.1. The maximum atomic E-state index is 14.1. The van der Waals surface area contributed by atoms with Crippen LogP contribution in [0.2, 0.25) is 0 Å². The lowest BCUT2D eigenvalue weighted by molar-refractivity contribution is -0.0439. The lowest BCUT2D eigenvalue weighted by Gasteiger charge is -2.32. The number of ether oxygens (including phenoxy) is 4. The molecule has 0 saturated carbocycles. The summed E-state index contributed by atoms with van der Waals surface area (Å²) in [6.07, 6.45) is 1.21. The molecule has 0 spiro atoms. The molecular weight excluding hydrogens is 512 g/mol. The van der Waals surface area contributed by atoms with Gasteiger partial charge in [-0.3, -0.25) is 4.79 Å². The molecule has 0 unspecified atom stereocenters. The third kappa shape index (κ3) is 5.90. The second-order valence-corrected chi connectivity index (χ2v) is 11.7. The van der Waals surface area contributed by atoms with Crippen molar-refractivity contribution in [2.45, 2.75) is 71.4 Å². The van der Waals surface area contributed by atoms with Gasteiger partial charge in [0.05, 0.1) is 30.9 Å². The molecule has 2 aliphatic heterocycles. The number of carbonyl (C=O) groups is 2. The third-order valence-corrected chi connectivity index (χ3v) is 6.81. The minimum absolute atomic E-state index is 0.206. The first-order chi connectivity index (χ1) is 18.9. The summed E-state index contributed by atoms with van der Waals surface area (Å²) in [5.74, 6) is 0.181. The highest BCUT2D eigenvalue weighted by molar-refractivity contribution is 5.96. The SMILES string of the molecule is COc1cc(C(=O)N(Cc2cc3ccccc3nn2)C[C@H]2CCCN2C(=O)OC(C)(C)C)cc2c1OC(C)(C)O2. The number of amides is 2. The van der Waals surface area contributed by atoms with Gasteiger partial charge in [0.15, 0.2) is 11.5 Å². The van der Waals surface area contributed by atoms with Crippen molar-refractivity contribution in [3.05, 3.63) is 53.7 Å². The van der Waals surface area contributed by atoms with Crippen molar-refractivity contribution in [1.82, 2.24) is 20.0 Å². The quantitative estimate of drug-likeness (QED) is 0.415. The average molecular weight is 549 g/mol. The fourth-order valence-corrected chi connectivity index (χ4v) is 5.10. The third-order valence-electron chi connectivity index (χ3n) is 6.81. The van der Waals surface area contributed by atoms with Gasteiger partial charge in [-0.2, -0.15) is 10.2 Å². The number of rotatable bonds is 6. The van der Waals surface area contributed by atoms with E-state index in [4.69, 9.17) is 18.9 Å². The van der Waals surface area contributed by atoms with Crippen LogP contribution < -0.4 is 14.2 Å². The van der Waals surface area contributed by atoms with Crippen LogP contribution in [0.3, 0.4) is 0 Å². The van der Waals surface area contributed by atoms with Crippen LogP contribution in [-0.2, 0) is 11.3 Å². The van der Waals surface area contributed by atoms with E-state index in [9.17, 15) is 9.59 Å². The summed E-state index contributed by atoms with van der Waals surface area (Å²) in [4.78, 5) is 30.6. The minimum atomic E-state index is -0.880. The number of methoxy groups -OCH3 is 1. The molecule has 1 aromatic heterocycles. The standard InChI is InChI=1S/C30H36N4O6/c1-29(2,3)40-28(36)34-13-9-11-22(34)18-33(17-21-14-19-10-7-8-12-23(19)32-31-21)27(35)20-15-24(37-6)26-25(16-20)38-30(4,5)39-26/h7-8,10,12,14-16,22H,9,11,13,17-18H2,1-6H3/t22-/m1/s1. The van der Waals surface area contributed by atoms with Gasteiger partial charge in [-0.15, -0.1) is 0 Å². The number of hydrogen-bond donors (Lipinski definition) is 0. The Hall–Kier alpha value is -4.08. The monoisotopic (exact) mass is 548 g/mol. The van der Waals surface area contributed by atoms with Crippen molar-refractivity contribution < 1.29 is 28.5 Å². The molecule has 2 aliphatic rings. The Morgan fingerprint density at radius 3 is 2.65 bits per heavy atom. The molecule has 3 heterocycles. The van der Waals surface area contributed by atoms with Gasteiger partial charge in [0.1, 0.15) is 5.60 Å². The maximum absolute atomic E-state index is 14.1. The molecule has 1 atom stereocenters. The maximum Gasteiger partial charge on any atom is 0.410 e. The van der Waals surface area contributed by atoms with E-state index in [0.29, 0.717) is 41.6 Å². The highest BCUT2D eigenvalue weighted by Crippen LogP contribution is 2.47. The minimum Gasteiger partial charge on any atom is -0.493 e. The molecule has 0 aliphatic carbocycles. The summed E-state index contributed by atoms with van der Waals surface area (Å²) in [5.41, 5.74) is 1.19. The first kappa shape index (κ1) is 27.5. The second kappa shape index (κ2) is 10.5. The Morgan fingerprint density at radius 2 is 1.90 bits per heavy atom. The number of aromatic nitrogens is 2. The van der Waals surface area contributed by atoms with E-state index in [1.54, 1.807) is 35.8 Å². The van der Waals surface area contributed by atoms with Crippen LogP contribution in [-0.4, -0.2) is 69.6 Å². The van der Waals surface area contributed by atoms with Crippen LogP contribution in [0.1, 0.15) is 63.5 Å². The predicted octanol–water partition coefficient (Wildman–Crippen LogP) is 5.19. The Bertz CT molecular complexity index is 1430. The molecule has 10 heteroatoms. The van der Waals surface area contributed by atoms with Gasteiger partial charge in [0, 0.05) is 37.9 Å². The zero-order chi connectivity index (χ0) is 28.7. The molecule has 40 heavy (non-hydrogen) atoms. The first-order valence-corrected chi connectivity index (χ1v) is 13.5. The van der Waals surface area contributed by atoms with Crippen LogP contribution in [0.15, 0.2) is 42.5 Å². The van der Waals surface area contributed by atoms with Crippen LogP contribution >= 0.6 is 0 Å². The van der Waals surface area contributed by atoms with E-state index in [0.717, 1.165) is 23.7 Å². The molecule has 0 radical (unpaired) electrons. The number of fused-ring (bicyclic) bond motifs is 2. The van der Waals surface area contributed by atoms with Crippen LogP contribution in [0.25, 0.3) is 10.9 Å². The number of likely N-dealkylation sites (tertiary alicyclic amines) is 1. The number of hydrogen-bond acceptors (Lipinski definition) is 8. The van der Waals surface area contributed by atoms with Gasteiger partial charge in [0.2, 0.25) is 11.5 Å². The highest BCUT2D eigenvalue weighted by Gasteiger charge is 2.37. The van der Waals surface area contributed by atoms with Crippen molar-refractivity contribution in [3.63, 3.8) is 0 Å². The summed E-state index contributed by atoms with van der Waals surface area (Å²) >= 11 is 0. The molecule has 2 amide bonds. The van der Waals surface area contributed by atoms with E-state index in [1.165, 1.54) is 7.11 Å². The average Bonchev–Trinajstić information content (AvgIpc) is 3.48. The van der Waals surface area contributed by atoms with E-state index < -0.39 is 11.4 Å². The van der Waals surface area contributed by atoms with Crippen LogP contribution in [0.5, 0.6) is 17.2 Å². The predicted molar refractivity (Wildman–Crippen MR) is 149 cm³/mol. The molecular formula is C30H36N4O6. The zero-order valence-electron chi connectivity index (χ0n) is 23.9. The molecule has 3 aromatic rings. The van der Waals surface area contributed by atoms with Crippen LogP contribution in [0, 0.1) is 0 Å². The van der Waals surface area contributed by atoms with Gasteiger partial charge in [-0.25, -0.2) is 4.79 Å². The summed E-state index contributed by atoms with van der Waals surface area (Å²) in [5, 5.41) is 9.67. The summed E-state index contributed by atoms with van der Waals surface area (Å²) < 4.78 is 23.0. The Morgan fingerprint density at radius 1 is 1.12 bits per heavy atom. The zero-order valence-corrected chi connectivity index (χ0v) is 23.9. The normalized spacial score (nSPS) is 17.6. The van der Waals surface area contributed by atoms with Gasteiger partial charge < -0.3 is 28.7 Å². The van der Waals surface area contributed by atoms with Crippen LogP contribution in [0.4, 0.5) is 4.79 Å². The Balaban J connectivity index is 1.47. The van der Waals surface area contributed by atoms with Crippen molar-refractivity contribution in [2.75, 3.05) is 20.2 Å². The van der Waals surface area contributed by atoms with E-state index in [2.05, 4.69) is 10.2 Å². The molecule has 0 bridgehead atoms. The first-order valence-electron chi connectivity index (χ1n) is 13.5. The molecule has 2 aromatic carbocycles. The smallest absolute Gasteiger partial charge is 0.410 e. The van der Waals surface area contributed by atoms with Crippen molar-refractivity contribution in [2.24, 2.45) is 0 Å². The second-order valence-electron chi connectivity index (χ2n) is 11.7. The van der Waals surface area contributed by atoms with Crippen molar-refractivity contribution in [3.8, 4) is 17.2 Å². The number of benzene rings is 2. The Labute approximate surface area is 234 Å². The molecule has 212 valence electrons. The lowest BCUT2D eigenvalue weighted by Crippen LogP contribution is -2.46. The van der Waals surface area contributed by atoms with Gasteiger partial charge in [-0.1, -0.05) is 18.2 Å². The highest BCUT2D eigenvalue weighted by atomic mass is 16.7.